The Bertz CT molecular complexity index is 355. The Morgan fingerprint density at radius 2 is 2.00 bits per heavy atom. The lowest BCUT2D eigenvalue weighted by Crippen LogP contribution is -2.33. The molecule has 0 spiro atoms. The molecule has 3 nitrogen and oxygen atoms in total. The summed E-state index contributed by atoms with van der Waals surface area (Å²) < 4.78 is 0.985. The van der Waals surface area contributed by atoms with Gasteiger partial charge in [-0.1, -0.05) is 41.1 Å². The van der Waals surface area contributed by atoms with E-state index in [0.717, 1.165) is 29.5 Å². The molecule has 1 aromatic rings. The van der Waals surface area contributed by atoms with Crippen molar-refractivity contribution in [3.8, 4) is 0 Å². The van der Waals surface area contributed by atoms with Gasteiger partial charge in [-0.15, -0.1) is 0 Å². The highest BCUT2D eigenvalue weighted by atomic mass is 79.9. The van der Waals surface area contributed by atoms with E-state index >= 15 is 0 Å². The van der Waals surface area contributed by atoms with Gasteiger partial charge in [-0.3, -0.25) is 4.79 Å². The van der Waals surface area contributed by atoms with Gasteiger partial charge in [0, 0.05) is 17.6 Å². The minimum absolute atomic E-state index is 0.0650. The molecule has 1 amide bonds. The van der Waals surface area contributed by atoms with Crippen LogP contribution in [0.4, 0.5) is 0 Å². The predicted molar refractivity (Wildman–Crippen MR) is 74.0 cm³/mol. The van der Waals surface area contributed by atoms with Crippen molar-refractivity contribution in [1.29, 1.82) is 0 Å². The van der Waals surface area contributed by atoms with Gasteiger partial charge in [-0.2, -0.15) is 0 Å². The molecule has 17 heavy (non-hydrogen) atoms. The van der Waals surface area contributed by atoms with E-state index < -0.39 is 0 Å². The lowest BCUT2D eigenvalue weighted by Gasteiger charge is -2.07. The van der Waals surface area contributed by atoms with E-state index in [1.165, 1.54) is 0 Å². The third kappa shape index (κ3) is 5.84. The van der Waals surface area contributed by atoms with Crippen molar-refractivity contribution in [2.45, 2.75) is 19.8 Å². The maximum absolute atomic E-state index is 11.6. The Hall–Kier alpha value is -0.870. The standard InChI is InChI=1S/C13H19BrN2O/c1-2-7-15-8-9-16-13(17)10-11-5-3-4-6-12(11)14/h3-6,15H,2,7-10H2,1H3,(H,16,17). The molecule has 0 aliphatic carbocycles. The monoisotopic (exact) mass is 298 g/mol. The summed E-state index contributed by atoms with van der Waals surface area (Å²) in [4.78, 5) is 11.6. The molecule has 0 bridgehead atoms. The minimum atomic E-state index is 0.0650. The molecule has 2 N–H and O–H groups in total. The highest BCUT2D eigenvalue weighted by Crippen LogP contribution is 2.15. The average molecular weight is 299 g/mol. The van der Waals surface area contributed by atoms with Crippen molar-refractivity contribution in [1.82, 2.24) is 10.6 Å². The summed E-state index contributed by atoms with van der Waals surface area (Å²) in [6, 6.07) is 7.79. The van der Waals surface area contributed by atoms with Gasteiger partial charge in [0.05, 0.1) is 6.42 Å². The van der Waals surface area contributed by atoms with Crippen molar-refractivity contribution in [3.05, 3.63) is 34.3 Å². The van der Waals surface area contributed by atoms with E-state index in [-0.39, 0.29) is 5.91 Å². The summed E-state index contributed by atoms with van der Waals surface area (Å²) in [6.45, 7) is 4.64. The molecule has 0 heterocycles. The summed E-state index contributed by atoms with van der Waals surface area (Å²) >= 11 is 3.43. The number of halogens is 1. The predicted octanol–water partition coefficient (Wildman–Crippen LogP) is 2.11. The van der Waals surface area contributed by atoms with E-state index in [0.29, 0.717) is 13.0 Å². The normalized spacial score (nSPS) is 10.2. The fourth-order valence-electron chi connectivity index (χ4n) is 1.47. The van der Waals surface area contributed by atoms with Crippen LogP contribution in [0.2, 0.25) is 0 Å². The number of rotatable bonds is 7. The molecule has 94 valence electrons. The molecule has 0 aliphatic heterocycles. The van der Waals surface area contributed by atoms with Crippen molar-refractivity contribution in [2.75, 3.05) is 19.6 Å². The third-order valence-corrected chi connectivity index (χ3v) is 3.13. The van der Waals surface area contributed by atoms with Gasteiger partial charge in [-0.05, 0) is 24.6 Å². The zero-order chi connectivity index (χ0) is 12.5. The van der Waals surface area contributed by atoms with Gasteiger partial charge in [0.25, 0.3) is 0 Å². The number of carbonyl (C=O) groups excluding carboxylic acids is 1. The van der Waals surface area contributed by atoms with Gasteiger partial charge in [0.1, 0.15) is 0 Å². The minimum Gasteiger partial charge on any atom is -0.355 e. The van der Waals surface area contributed by atoms with Crippen molar-refractivity contribution >= 4 is 21.8 Å². The van der Waals surface area contributed by atoms with Gasteiger partial charge in [0.15, 0.2) is 0 Å². The maximum atomic E-state index is 11.6. The second-order valence-corrected chi connectivity index (χ2v) is 4.72. The highest BCUT2D eigenvalue weighted by Gasteiger charge is 2.05. The average Bonchev–Trinajstić information content (AvgIpc) is 2.32. The first kappa shape index (κ1) is 14.2. The highest BCUT2D eigenvalue weighted by molar-refractivity contribution is 9.10. The second kappa shape index (κ2) is 8.25. The van der Waals surface area contributed by atoms with E-state index in [4.69, 9.17) is 0 Å². The zero-order valence-corrected chi connectivity index (χ0v) is 11.7. The van der Waals surface area contributed by atoms with E-state index in [9.17, 15) is 4.79 Å². The molecular formula is C13H19BrN2O. The number of nitrogens with one attached hydrogen (secondary N) is 2. The summed E-state index contributed by atoms with van der Waals surface area (Å²) in [5.74, 6) is 0.0650. The molecule has 1 rings (SSSR count). The summed E-state index contributed by atoms with van der Waals surface area (Å²) in [7, 11) is 0. The van der Waals surface area contributed by atoms with E-state index in [2.05, 4.69) is 33.5 Å². The van der Waals surface area contributed by atoms with Crippen LogP contribution in [0.1, 0.15) is 18.9 Å². The first-order valence-corrected chi connectivity index (χ1v) is 6.74. The molecule has 4 heteroatoms. The zero-order valence-electron chi connectivity index (χ0n) is 10.1. The van der Waals surface area contributed by atoms with Gasteiger partial charge in [-0.25, -0.2) is 0 Å². The van der Waals surface area contributed by atoms with Crippen LogP contribution >= 0.6 is 15.9 Å². The van der Waals surface area contributed by atoms with Crippen LogP contribution in [0.25, 0.3) is 0 Å². The number of carbonyl (C=O) groups is 1. The van der Waals surface area contributed by atoms with Crippen LogP contribution in [-0.4, -0.2) is 25.5 Å². The SMILES string of the molecule is CCCNCCNC(=O)Cc1ccccc1Br. The number of amides is 1. The van der Waals surface area contributed by atoms with Crippen LogP contribution in [0, 0.1) is 0 Å². The largest absolute Gasteiger partial charge is 0.355 e. The molecule has 0 atom stereocenters. The molecule has 0 aliphatic rings. The first-order valence-electron chi connectivity index (χ1n) is 5.95. The first-order chi connectivity index (χ1) is 8.24. The van der Waals surface area contributed by atoms with Crippen LogP contribution in [0.5, 0.6) is 0 Å². The molecule has 0 saturated carbocycles. The fourth-order valence-corrected chi connectivity index (χ4v) is 1.89. The molecular weight excluding hydrogens is 280 g/mol. The van der Waals surface area contributed by atoms with Crippen LogP contribution < -0.4 is 10.6 Å². The number of hydrogen-bond acceptors (Lipinski definition) is 2. The smallest absolute Gasteiger partial charge is 0.224 e. The Morgan fingerprint density at radius 3 is 2.71 bits per heavy atom. The molecule has 0 aromatic heterocycles. The summed E-state index contributed by atoms with van der Waals surface area (Å²) in [5.41, 5.74) is 1.02. The van der Waals surface area contributed by atoms with Crippen molar-refractivity contribution in [2.24, 2.45) is 0 Å². The fraction of sp³-hybridized carbons (Fsp3) is 0.462. The van der Waals surface area contributed by atoms with Gasteiger partial charge < -0.3 is 10.6 Å². The Labute approximate surface area is 111 Å². The molecule has 0 saturated heterocycles. The maximum Gasteiger partial charge on any atom is 0.224 e. The van der Waals surface area contributed by atoms with Crippen molar-refractivity contribution in [3.63, 3.8) is 0 Å². The number of hydrogen-bond donors (Lipinski definition) is 2. The Morgan fingerprint density at radius 1 is 1.24 bits per heavy atom. The Balaban J connectivity index is 2.23. The van der Waals surface area contributed by atoms with Crippen LogP contribution in [-0.2, 0) is 11.2 Å². The van der Waals surface area contributed by atoms with Gasteiger partial charge >= 0.3 is 0 Å². The molecule has 1 aromatic carbocycles. The van der Waals surface area contributed by atoms with Crippen LogP contribution in [0.15, 0.2) is 28.7 Å². The lowest BCUT2D eigenvalue weighted by atomic mass is 10.1. The van der Waals surface area contributed by atoms with Crippen LogP contribution in [0.3, 0.4) is 0 Å². The second-order valence-electron chi connectivity index (χ2n) is 3.87. The van der Waals surface area contributed by atoms with Crippen molar-refractivity contribution < 1.29 is 4.79 Å². The lowest BCUT2D eigenvalue weighted by molar-refractivity contribution is -0.120. The third-order valence-electron chi connectivity index (χ3n) is 2.36. The Kier molecular flexibility index (Phi) is 6.89. The summed E-state index contributed by atoms with van der Waals surface area (Å²) in [5, 5.41) is 6.14. The number of benzene rings is 1. The molecule has 0 fully saturated rings. The quantitative estimate of drug-likeness (QED) is 0.757. The molecule has 0 radical (unpaired) electrons. The van der Waals surface area contributed by atoms with Gasteiger partial charge in [0.2, 0.25) is 5.91 Å². The topological polar surface area (TPSA) is 41.1 Å². The summed E-state index contributed by atoms with van der Waals surface area (Å²) in [6.07, 6.45) is 1.54. The van der Waals surface area contributed by atoms with E-state index in [1.54, 1.807) is 0 Å². The molecule has 0 unspecified atom stereocenters. The van der Waals surface area contributed by atoms with E-state index in [1.807, 2.05) is 24.3 Å².